The Balaban J connectivity index is 2.40. The summed E-state index contributed by atoms with van der Waals surface area (Å²) in [6.07, 6.45) is 2.51. The van der Waals surface area contributed by atoms with E-state index in [1.54, 1.807) is 0 Å². The lowest BCUT2D eigenvalue weighted by molar-refractivity contribution is 0.142. The molecule has 72 valence electrons. The number of rotatable bonds is 3. The van der Waals surface area contributed by atoms with E-state index >= 15 is 0 Å². The van der Waals surface area contributed by atoms with Crippen LogP contribution in [0.4, 0.5) is 0 Å². The quantitative estimate of drug-likeness (QED) is 0.606. The molecule has 0 radical (unpaired) electrons. The average Bonchev–Trinajstić information content (AvgIpc) is 2.25. The molecule has 0 aromatic heterocycles. The Hall–Kier alpha value is -0.160. The van der Waals surface area contributed by atoms with Gasteiger partial charge < -0.3 is 11.5 Å². The number of unbranched alkanes of at least 4 members (excludes halogenated alkanes) is 1. The first-order valence-electron chi connectivity index (χ1n) is 4.64. The van der Waals surface area contributed by atoms with E-state index < -0.39 is 0 Å². The van der Waals surface area contributed by atoms with Gasteiger partial charge in [0.2, 0.25) is 0 Å². The second-order valence-electron chi connectivity index (χ2n) is 3.51. The first-order valence-corrected chi connectivity index (χ1v) is 4.64. The average molecular weight is 172 g/mol. The van der Waals surface area contributed by atoms with Crippen molar-refractivity contribution in [1.29, 1.82) is 0 Å². The van der Waals surface area contributed by atoms with Crippen molar-refractivity contribution in [2.75, 3.05) is 20.1 Å². The molecule has 4 N–H and O–H groups in total. The van der Waals surface area contributed by atoms with E-state index in [0.29, 0.717) is 0 Å². The number of nitrogens with zero attached hydrogens (tertiary/aromatic N) is 2. The SMILES string of the molecule is CCCCN1C(N)CN(C)C1N. The predicted molar refractivity (Wildman–Crippen MR) is 50.2 cm³/mol. The smallest absolute Gasteiger partial charge is 0.115 e. The van der Waals surface area contributed by atoms with E-state index in [9.17, 15) is 0 Å². The molecular formula is C8H20N4. The minimum absolute atomic E-state index is 0.0200. The van der Waals surface area contributed by atoms with Crippen LogP contribution in [-0.2, 0) is 0 Å². The van der Waals surface area contributed by atoms with Gasteiger partial charge in [-0.3, -0.25) is 9.80 Å². The molecule has 1 aliphatic rings. The van der Waals surface area contributed by atoms with Gasteiger partial charge in [0, 0.05) is 13.1 Å². The van der Waals surface area contributed by atoms with Crippen molar-refractivity contribution in [2.45, 2.75) is 32.2 Å². The lowest BCUT2D eigenvalue weighted by Crippen LogP contribution is -2.48. The lowest BCUT2D eigenvalue weighted by Gasteiger charge is -2.25. The summed E-state index contributed by atoms with van der Waals surface area (Å²) in [6, 6.07) is 0. The molecule has 1 aliphatic heterocycles. The third kappa shape index (κ3) is 1.95. The summed E-state index contributed by atoms with van der Waals surface area (Å²) in [5.74, 6) is 0. The number of likely N-dealkylation sites (N-methyl/N-ethyl adjacent to an activating group) is 1. The molecule has 0 aliphatic carbocycles. The molecule has 2 atom stereocenters. The minimum atomic E-state index is 0.0200. The van der Waals surface area contributed by atoms with E-state index in [0.717, 1.165) is 13.1 Å². The highest BCUT2D eigenvalue weighted by Gasteiger charge is 2.31. The van der Waals surface area contributed by atoms with Crippen molar-refractivity contribution in [2.24, 2.45) is 11.5 Å². The van der Waals surface area contributed by atoms with Crippen LogP contribution in [-0.4, -0.2) is 42.4 Å². The van der Waals surface area contributed by atoms with E-state index in [4.69, 9.17) is 11.5 Å². The highest BCUT2D eigenvalue weighted by molar-refractivity contribution is 4.81. The first kappa shape index (κ1) is 9.92. The van der Waals surface area contributed by atoms with E-state index in [2.05, 4.69) is 16.7 Å². The summed E-state index contributed by atoms with van der Waals surface area (Å²) in [4.78, 5) is 4.24. The molecule has 0 aromatic rings. The summed E-state index contributed by atoms with van der Waals surface area (Å²) >= 11 is 0. The van der Waals surface area contributed by atoms with Crippen LogP contribution in [0.5, 0.6) is 0 Å². The van der Waals surface area contributed by atoms with Crippen LogP contribution in [0.1, 0.15) is 19.8 Å². The zero-order chi connectivity index (χ0) is 9.14. The molecular weight excluding hydrogens is 152 g/mol. The Morgan fingerprint density at radius 3 is 2.50 bits per heavy atom. The molecule has 1 saturated heterocycles. The second kappa shape index (κ2) is 4.18. The molecule has 4 nitrogen and oxygen atoms in total. The van der Waals surface area contributed by atoms with Crippen LogP contribution >= 0.6 is 0 Å². The fourth-order valence-corrected chi connectivity index (χ4v) is 1.60. The molecule has 1 fully saturated rings. The molecule has 1 heterocycles. The molecule has 2 unspecified atom stereocenters. The maximum absolute atomic E-state index is 5.93. The van der Waals surface area contributed by atoms with E-state index in [1.807, 2.05) is 7.05 Å². The summed E-state index contributed by atoms with van der Waals surface area (Å²) < 4.78 is 0. The van der Waals surface area contributed by atoms with Gasteiger partial charge in [0.1, 0.15) is 6.29 Å². The van der Waals surface area contributed by atoms with Crippen LogP contribution in [0.2, 0.25) is 0 Å². The van der Waals surface area contributed by atoms with Crippen molar-refractivity contribution < 1.29 is 0 Å². The molecule has 4 heteroatoms. The maximum Gasteiger partial charge on any atom is 0.115 e. The van der Waals surface area contributed by atoms with Crippen LogP contribution in [0, 0.1) is 0 Å². The van der Waals surface area contributed by atoms with Gasteiger partial charge in [-0.25, -0.2) is 0 Å². The van der Waals surface area contributed by atoms with Crippen LogP contribution in [0.25, 0.3) is 0 Å². The topological polar surface area (TPSA) is 58.5 Å². The molecule has 1 rings (SSSR count). The normalized spacial score (nSPS) is 33.0. The van der Waals surface area contributed by atoms with Crippen molar-refractivity contribution in [3.63, 3.8) is 0 Å². The summed E-state index contributed by atoms with van der Waals surface area (Å²) in [7, 11) is 2.01. The number of hydrogen-bond donors (Lipinski definition) is 2. The van der Waals surface area contributed by atoms with Gasteiger partial charge in [-0.05, 0) is 13.5 Å². The Morgan fingerprint density at radius 2 is 2.08 bits per heavy atom. The highest BCUT2D eigenvalue weighted by Crippen LogP contribution is 2.12. The van der Waals surface area contributed by atoms with E-state index in [-0.39, 0.29) is 12.5 Å². The summed E-state index contributed by atoms with van der Waals surface area (Å²) in [5.41, 5.74) is 11.8. The Bertz CT molecular complexity index is 139. The van der Waals surface area contributed by atoms with Gasteiger partial charge >= 0.3 is 0 Å². The van der Waals surface area contributed by atoms with E-state index in [1.165, 1.54) is 12.8 Å². The van der Waals surface area contributed by atoms with Gasteiger partial charge in [-0.2, -0.15) is 0 Å². The van der Waals surface area contributed by atoms with Crippen LogP contribution < -0.4 is 11.5 Å². The molecule has 0 bridgehead atoms. The standard InChI is InChI=1S/C8H20N4/c1-3-4-5-12-7(9)6-11(2)8(12)10/h7-8H,3-6,9-10H2,1-2H3. The van der Waals surface area contributed by atoms with Gasteiger partial charge in [-0.1, -0.05) is 13.3 Å². The molecule has 0 amide bonds. The third-order valence-electron chi connectivity index (χ3n) is 2.46. The van der Waals surface area contributed by atoms with Crippen molar-refractivity contribution >= 4 is 0 Å². The fraction of sp³-hybridized carbons (Fsp3) is 1.00. The van der Waals surface area contributed by atoms with Gasteiger partial charge in [0.25, 0.3) is 0 Å². The first-order chi connectivity index (χ1) is 5.66. The monoisotopic (exact) mass is 172 g/mol. The minimum Gasteiger partial charge on any atom is -0.315 e. The molecule has 0 spiro atoms. The van der Waals surface area contributed by atoms with Crippen LogP contribution in [0.3, 0.4) is 0 Å². The predicted octanol–water partition coefficient (Wildman–Crippen LogP) is -0.439. The van der Waals surface area contributed by atoms with Gasteiger partial charge in [0.05, 0.1) is 6.17 Å². The molecule has 0 aromatic carbocycles. The van der Waals surface area contributed by atoms with Crippen molar-refractivity contribution in [3.8, 4) is 0 Å². The van der Waals surface area contributed by atoms with Crippen molar-refractivity contribution in [1.82, 2.24) is 9.80 Å². The van der Waals surface area contributed by atoms with Crippen LogP contribution in [0.15, 0.2) is 0 Å². The van der Waals surface area contributed by atoms with Gasteiger partial charge in [-0.15, -0.1) is 0 Å². The zero-order valence-electron chi connectivity index (χ0n) is 8.03. The highest BCUT2D eigenvalue weighted by atomic mass is 15.5. The number of nitrogens with two attached hydrogens (primary N) is 2. The maximum atomic E-state index is 5.93. The summed E-state index contributed by atoms with van der Waals surface area (Å²) in [5, 5.41) is 0. The Morgan fingerprint density at radius 1 is 1.42 bits per heavy atom. The van der Waals surface area contributed by atoms with Gasteiger partial charge in [0.15, 0.2) is 0 Å². The zero-order valence-corrected chi connectivity index (χ0v) is 8.03. The Labute approximate surface area is 74.5 Å². The lowest BCUT2D eigenvalue weighted by atomic mass is 10.3. The number of hydrogen-bond acceptors (Lipinski definition) is 4. The molecule has 12 heavy (non-hydrogen) atoms. The Kier molecular flexibility index (Phi) is 3.46. The fourth-order valence-electron chi connectivity index (χ4n) is 1.60. The third-order valence-corrected chi connectivity index (χ3v) is 2.46. The molecule has 0 saturated carbocycles. The largest absolute Gasteiger partial charge is 0.315 e. The second-order valence-corrected chi connectivity index (χ2v) is 3.51. The summed E-state index contributed by atoms with van der Waals surface area (Å²) in [6.45, 7) is 4.07. The van der Waals surface area contributed by atoms with Crippen molar-refractivity contribution in [3.05, 3.63) is 0 Å².